The second-order valence-corrected chi connectivity index (χ2v) is 6.60. The molecule has 140 valence electrons. The number of nitrogens with two attached hydrogens (primary N) is 1. The molecule has 0 spiro atoms. The third kappa shape index (κ3) is 3.81. The van der Waals surface area contributed by atoms with Gasteiger partial charge in [-0.1, -0.05) is 18.2 Å². The second-order valence-electron chi connectivity index (χ2n) is 6.60. The van der Waals surface area contributed by atoms with Crippen LogP contribution in [0.1, 0.15) is 29.3 Å². The fourth-order valence-corrected chi connectivity index (χ4v) is 3.13. The molecule has 0 saturated heterocycles. The summed E-state index contributed by atoms with van der Waals surface area (Å²) in [6.45, 7) is 1.53. The molecule has 0 fully saturated rings. The highest BCUT2D eigenvalue weighted by Gasteiger charge is 2.45. The molecule has 1 heterocycles. The van der Waals surface area contributed by atoms with Crippen LogP contribution in [-0.2, 0) is 20.7 Å². The number of carbonyl (C=O) groups excluding carboxylic acids is 3. The smallest absolute Gasteiger partial charge is 0.339 e. The number of hydrogen-bond donors (Lipinski definition) is 1. The second kappa shape index (κ2) is 7.19. The van der Waals surface area contributed by atoms with Gasteiger partial charge < -0.3 is 15.4 Å². The Morgan fingerprint density at radius 3 is 2.52 bits per heavy atom. The molecule has 27 heavy (non-hydrogen) atoms. The van der Waals surface area contributed by atoms with Crippen molar-refractivity contribution in [1.82, 2.24) is 0 Å². The zero-order chi connectivity index (χ0) is 19.6. The number of primary amides is 1. The molecule has 0 aliphatic carbocycles. The summed E-state index contributed by atoms with van der Waals surface area (Å²) in [5.74, 6) is -2.11. The van der Waals surface area contributed by atoms with Crippen molar-refractivity contribution in [3.8, 4) is 0 Å². The highest BCUT2D eigenvalue weighted by Crippen LogP contribution is 2.31. The lowest BCUT2D eigenvalue weighted by Crippen LogP contribution is -2.54. The number of benzene rings is 2. The van der Waals surface area contributed by atoms with Gasteiger partial charge in [-0.3, -0.25) is 9.59 Å². The average molecular weight is 370 g/mol. The van der Waals surface area contributed by atoms with E-state index in [-0.39, 0.29) is 19.4 Å². The van der Waals surface area contributed by atoms with Crippen molar-refractivity contribution in [3.63, 3.8) is 0 Å². The number of esters is 1. The zero-order valence-electron chi connectivity index (χ0n) is 14.8. The van der Waals surface area contributed by atoms with E-state index >= 15 is 0 Å². The van der Waals surface area contributed by atoms with Gasteiger partial charge in [0.15, 0.2) is 5.60 Å². The van der Waals surface area contributed by atoms with E-state index in [4.69, 9.17) is 10.5 Å². The molecule has 2 N–H and O–H groups in total. The van der Waals surface area contributed by atoms with Crippen molar-refractivity contribution in [2.45, 2.75) is 25.4 Å². The van der Waals surface area contributed by atoms with Gasteiger partial charge in [-0.15, -0.1) is 0 Å². The molecule has 2 aromatic rings. The van der Waals surface area contributed by atoms with Crippen LogP contribution in [-0.4, -0.2) is 29.9 Å². The van der Waals surface area contributed by atoms with Crippen LogP contribution >= 0.6 is 0 Å². The number of carbonyl (C=O) groups is 3. The van der Waals surface area contributed by atoms with Crippen LogP contribution in [0.5, 0.6) is 0 Å². The lowest BCUT2D eigenvalue weighted by Gasteiger charge is -2.37. The molecule has 2 aromatic carbocycles. The minimum atomic E-state index is -1.45. The number of anilines is 1. The highest BCUT2D eigenvalue weighted by atomic mass is 19.1. The van der Waals surface area contributed by atoms with Crippen molar-refractivity contribution in [2.75, 3.05) is 11.4 Å². The van der Waals surface area contributed by atoms with E-state index < -0.39 is 29.2 Å². The molecule has 7 heteroatoms. The van der Waals surface area contributed by atoms with Crippen LogP contribution in [0, 0.1) is 5.82 Å². The number of amides is 2. The van der Waals surface area contributed by atoms with E-state index in [0.29, 0.717) is 16.8 Å². The average Bonchev–Trinajstić information content (AvgIpc) is 2.63. The maximum absolute atomic E-state index is 13.3. The van der Waals surface area contributed by atoms with Crippen LogP contribution in [0.15, 0.2) is 48.5 Å². The Balaban J connectivity index is 1.94. The lowest BCUT2D eigenvalue weighted by molar-refractivity contribution is -0.137. The van der Waals surface area contributed by atoms with Gasteiger partial charge in [0.25, 0.3) is 5.91 Å². The Bertz CT molecular complexity index is 897. The summed E-state index contributed by atoms with van der Waals surface area (Å²) in [4.78, 5) is 38.2. The Morgan fingerprint density at radius 1 is 1.19 bits per heavy atom. The van der Waals surface area contributed by atoms with Crippen LogP contribution in [0.25, 0.3) is 0 Å². The van der Waals surface area contributed by atoms with Gasteiger partial charge in [-0.05, 0) is 42.8 Å². The SMILES string of the molecule is CC1(C(=O)N(CCC(N)=O)c2ccc(F)cc2)Cc2ccccc2C(=O)O1. The maximum Gasteiger partial charge on any atom is 0.339 e. The molecule has 1 aliphatic heterocycles. The molecular weight excluding hydrogens is 351 g/mol. The first kappa shape index (κ1) is 18.6. The molecule has 0 radical (unpaired) electrons. The van der Waals surface area contributed by atoms with Crippen molar-refractivity contribution in [2.24, 2.45) is 5.73 Å². The first-order chi connectivity index (χ1) is 12.8. The molecule has 2 amide bonds. The summed E-state index contributed by atoms with van der Waals surface area (Å²) in [6, 6.07) is 12.2. The Morgan fingerprint density at radius 2 is 1.85 bits per heavy atom. The largest absolute Gasteiger partial charge is 0.445 e. The van der Waals surface area contributed by atoms with E-state index in [1.54, 1.807) is 24.3 Å². The summed E-state index contributed by atoms with van der Waals surface area (Å²) in [5.41, 5.74) is 5.29. The van der Waals surface area contributed by atoms with E-state index in [2.05, 4.69) is 0 Å². The van der Waals surface area contributed by atoms with E-state index in [1.807, 2.05) is 0 Å². The number of cyclic esters (lactones) is 1. The highest BCUT2D eigenvalue weighted by molar-refractivity contribution is 6.04. The van der Waals surface area contributed by atoms with Gasteiger partial charge in [0.2, 0.25) is 5.91 Å². The summed E-state index contributed by atoms with van der Waals surface area (Å²) < 4.78 is 18.7. The van der Waals surface area contributed by atoms with Gasteiger partial charge in [0.1, 0.15) is 5.82 Å². The Kier molecular flexibility index (Phi) is 4.94. The number of ether oxygens (including phenoxy) is 1. The fraction of sp³-hybridized carbons (Fsp3) is 0.250. The Hall–Kier alpha value is -3.22. The van der Waals surface area contributed by atoms with E-state index in [1.165, 1.54) is 36.1 Å². The first-order valence-corrected chi connectivity index (χ1v) is 8.47. The number of halogens is 1. The predicted molar refractivity (Wildman–Crippen MR) is 96.5 cm³/mol. The van der Waals surface area contributed by atoms with Crippen molar-refractivity contribution in [3.05, 3.63) is 65.5 Å². The minimum Gasteiger partial charge on any atom is -0.445 e. The summed E-state index contributed by atoms with van der Waals surface area (Å²) in [6.07, 6.45) is 0.117. The molecule has 1 unspecified atom stereocenters. The number of fused-ring (bicyclic) bond motifs is 1. The molecular formula is C20H19FN2O4. The molecule has 1 aliphatic rings. The third-order valence-corrected chi connectivity index (χ3v) is 4.50. The molecule has 1 atom stereocenters. The predicted octanol–water partition coefficient (Wildman–Crippen LogP) is 2.21. The fourth-order valence-electron chi connectivity index (χ4n) is 3.13. The third-order valence-electron chi connectivity index (χ3n) is 4.50. The van der Waals surface area contributed by atoms with Crippen LogP contribution < -0.4 is 10.6 Å². The van der Waals surface area contributed by atoms with Crippen LogP contribution in [0.4, 0.5) is 10.1 Å². The summed E-state index contributed by atoms with van der Waals surface area (Å²) in [7, 11) is 0. The lowest BCUT2D eigenvalue weighted by atomic mass is 9.88. The summed E-state index contributed by atoms with van der Waals surface area (Å²) in [5, 5.41) is 0. The molecule has 6 nitrogen and oxygen atoms in total. The maximum atomic E-state index is 13.3. The quantitative estimate of drug-likeness (QED) is 0.817. The normalized spacial score (nSPS) is 18.4. The van der Waals surface area contributed by atoms with E-state index in [0.717, 1.165) is 0 Å². The van der Waals surface area contributed by atoms with Crippen molar-refractivity contribution < 1.29 is 23.5 Å². The molecule has 0 bridgehead atoms. The number of rotatable bonds is 5. The van der Waals surface area contributed by atoms with Crippen LogP contribution in [0.2, 0.25) is 0 Å². The van der Waals surface area contributed by atoms with E-state index in [9.17, 15) is 18.8 Å². The van der Waals surface area contributed by atoms with Crippen LogP contribution in [0.3, 0.4) is 0 Å². The van der Waals surface area contributed by atoms with Gasteiger partial charge >= 0.3 is 5.97 Å². The number of nitrogens with zero attached hydrogens (tertiary/aromatic N) is 1. The Labute approximate surface area is 155 Å². The standard InChI is InChI=1S/C20H19FN2O4/c1-20(12-13-4-2-3-5-16(13)18(25)27-20)19(26)23(11-10-17(22)24)15-8-6-14(21)7-9-15/h2-9H,10-12H2,1H3,(H2,22,24). The van der Waals surface area contributed by atoms with Gasteiger partial charge in [0.05, 0.1) is 5.56 Å². The monoisotopic (exact) mass is 370 g/mol. The molecule has 0 saturated carbocycles. The van der Waals surface area contributed by atoms with Gasteiger partial charge in [-0.25, -0.2) is 9.18 Å². The van der Waals surface area contributed by atoms with Gasteiger partial charge in [-0.2, -0.15) is 0 Å². The van der Waals surface area contributed by atoms with Crippen molar-refractivity contribution in [1.29, 1.82) is 0 Å². The zero-order valence-corrected chi connectivity index (χ0v) is 14.8. The van der Waals surface area contributed by atoms with Crippen molar-refractivity contribution >= 4 is 23.5 Å². The summed E-state index contributed by atoms with van der Waals surface area (Å²) >= 11 is 0. The molecule has 3 rings (SSSR count). The first-order valence-electron chi connectivity index (χ1n) is 8.47. The van der Waals surface area contributed by atoms with Gasteiger partial charge in [0, 0.05) is 25.1 Å². The minimum absolute atomic E-state index is 0.00537. The molecule has 0 aromatic heterocycles. The topological polar surface area (TPSA) is 89.7 Å². The number of hydrogen-bond acceptors (Lipinski definition) is 4.